The van der Waals surface area contributed by atoms with Gasteiger partial charge < -0.3 is 34.2 Å². The van der Waals surface area contributed by atoms with Crippen LogP contribution in [0.15, 0.2) is 90.8 Å². The normalized spacial score (nSPS) is 27.1. The van der Waals surface area contributed by atoms with Crippen molar-refractivity contribution in [2.75, 3.05) is 31.2 Å². The first-order valence-corrected chi connectivity index (χ1v) is 34.5. The van der Waals surface area contributed by atoms with Crippen LogP contribution in [0.1, 0.15) is 119 Å². The van der Waals surface area contributed by atoms with Crippen LogP contribution in [-0.2, 0) is 50.1 Å². The monoisotopic (exact) mass is 1240 g/mol. The highest BCUT2D eigenvalue weighted by atomic mass is 32.2. The Kier molecular flexibility index (Phi) is 16.6. The van der Waals surface area contributed by atoms with Crippen LogP contribution in [0.25, 0.3) is 32.5 Å². The molecule has 12 rings (SSSR count). The van der Waals surface area contributed by atoms with Crippen molar-refractivity contribution in [2.24, 2.45) is 34.5 Å². The fraction of sp³-hybridized carbons (Fsp3) is 0.567. The number of ketones is 2. The van der Waals surface area contributed by atoms with Gasteiger partial charge in [0.25, 0.3) is 0 Å². The predicted molar refractivity (Wildman–Crippen MR) is 335 cm³/mol. The molecular weight excluding hydrogens is 1160 g/mol. The number of Topliss-reactive ketones (excluding diaryl/α,β-unsaturated/α-hetero) is 2. The number of likely N-dealkylation sites (tertiary alicyclic amines) is 2. The average Bonchev–Trinajstić information content (AvgIpc) is 1.60. The van der Waals surface area contributed by atoms with Gasteiger partial charge >= 0.3 is 0 Å². The lowest BCUT2D eigenvalue weighted by Crippen LogP contribution is -2.55. The number of pyridine rings is 2. The summed E-state index contributed by atoms with van der Waals surface area (Å²) in [6, 6.07) is 12.0. The third kappa shape index (κ3) is 12.2. The number of nitrogens with zero attached hydrogens (tertiary/aromatic N) is 4. The van der Waals surface area contributed by atoms with Gasteiger partial charge in [-0.15, -0.1) is 13.2 Å². The van der Waals surface area contributed by atoms with Gasteiger partial charge in [-0.1, -0.05) is 67.5 Å². The maximum Gasteiger partial charge on any atom is 0.243 e. The zero-order valence-corrected chi connectivity index (χ0v) is 53.6. The van der Waals surface area contributed by atoms with E-state index in [1.807, 2.05) is 70.2 Å². The molecule has 3 amide bonds. The molecule has 0 bridgehead atoms. The molecule has 6 fully saturated rings. The number of ether oxygens (including phenoxy) is 3. The van der Waals surface area contributed by atoms with Gasteiger partial charge in [-0.05, 0) is 115 Å². The van der Waals surface area contributed by atoms with Gasteiger partial charge in [0.1, 0.15) is 52.2 Å². The van der Waals surface area contributed by atoms with Crippen molar-refractivity contribution in [1.29, 1.82) is 0 Å². The van der Waals surface area contributed by atoms with E-state index >= 15 is 0 Å². The fourth-order valence-corrected chi connectivity index (χ4v) is 16.7. The molecule has 2 N–H and O–H groups in total. The molecule has 7 aliphatic rings. The van der Waals surface area contributed by atoms with Gasteiger partial charge in [-0.3, -0.25) is 28.9 Å². The van der Waals surface area contributed by atoms with E-state index in [0.29, 0.717) is 63.4 Å². The minimum Gasteiger partial charge on any atom is -0.493 e. The van der Waals surface area contributed by atoms with E-state index in [1.165, 1.54) is 0 Å². The number of carbonyl (C=O) groups excluding carboxylic acids is 5. The van der Waals surface area contributed by atoms with Crippen LogP contribution in [0.3, 0.4) is 0 Å². The Morgan fingerprint density at radius 2 is 1.20 bits per heavy atom. The molecule has 19 nitrogen and oxygen atoms in total. The molecule has 4 aliphatic carbocycles. The van der Waals surface area contributed by atoms with Crippen molar-refractivity contribution in [1.82, 2.24) is 30.4 Å². The second-order valence-electron chi connectivity index (χ2n) is 28.0. The van der Waals surface area contributed by atoms with Crippen molar-refractivity contribution in [3.05, 3.63) is 92.0 Å². The highest BCUT2D eigenvalue weighted by Gasteiger charge is 2.63. The molecule has 1 unspecified atom stereocenters. The molecule has 2 aromatic carbocycles. The van der Waals surface area contributed by atoms with Crippen molar-refractivity contribution in [2.45, 2.75) is 172 Å². The van der Waals surface area contributed by atoms with E-state index in [9.17, 15) is 40.8 Å². The molecule has 0 spiro atoms. The Labute approximate surface area is 516 Å². The summed E-state index contributed by atoms with van der Waals surface area (Å²) in [7, 11) is -7.09. The summed E-state index contributed by atoms with van der Waals surface area (Å²) in [5.74, 6) is -2.08. The lowest BCUT2D eigenvalue weighted by molar-refractivity contribution is -0.144. The Bertz CT molecular complexity index is 3860. The van der Waals surface area contributed by atoms with Crippen LogP contribution in [-0.4, -0.2) is 149 Å². The zero-order valence-electron chi connectivity index (χ0n) is 52.0. The SMILES string of the molecule is C=C[C@@H]1C[C@]1(NC(=O)[C@@H]1C[C@@H](Oc2nccc3c2ccc2occc23)CN1C(=O)[C@@H](C)C(C)(C)C)C(=O)CS(=O)(=O)C1CC1.C=C[C@@H]1C[C@]1(NC(=O)[C@@H]1C[C@@H](Oc2nccc3c4c(ccc23)OCC4)CN1C(C)[C@@H](C)C(C)(C)C)C(=O)CS(=O)(=O)C1CC1. The molecule has 3 aromatic heterocycles. The third-order valence-corrected chi connectivity index (χ3v) is 24.5. The number of aromatic nitrogens is 2. The summed E-state index contributed by atoms with van der Waals surface area (Å²) in [5.41, 5.74) is -1.01. The molecule has 5 aromatic rings. The maximum atomic E-state index is 14.1. The van der Waals surface area contributed by atoms with E-state index in [4.69, 9.17) is 18.6 Å². The second-order valence-corrected chi connectivity index (χ2v) is 32.5. The summed E-state index contributed by atoms with van der Waals surface area (Å²) >= 11 is 0. The summed E-state index contributed by atoms with van der Waals surface area (Å²) in [6.07, 6.45) is 11.8. The van der Waals surface area contributed by atoms with Crippen molar-refractivity contribution in [3.63, 3.8) is 0 Å². The number of carbonyl (C=O) groups is 5. The van der Waals surface area contributed by atoms with Crippen molar-refractivity contribution >= 4 is 81.5 Å². The van der Waals surface area contributed by atoms with Crippen LogP contribution in [0, 0.1) is 34.5 Å². The van der Waals surface area contributed by atoms with E-state index in [2.05, 4.69) is 73.3 Å². The summed E-state index contributed by atoms with van der Waals surface area (Å²) in [4.78, 5) is 81.6. The zero-order chi connectivity index (χ0) is 63.2. The quantitative estimate of drug-likeness (QED) is 0.0653. The maximum absolute atomic E-state index is 14.1. The van der Waals surface area contributed by atoms with Gasteiger partial charge in [0.05, 0.1) is 36.0 Å². The molecule has 2 saturated heterocycles. The van der Waals surface area contributed by atoms with Crippen LogP contribution in [0.5, 0.6) is 17.5 Å². The summed E-state index contributed by atoms with van der Waals surface area (Å²) < 4.78 is 75.0. The first-order valence-electron chi connectivity index (χ1n) is 31.1. The van der Waals surface area contributed by atoms with Gasteiger partial charge in [0, 0.05) is 83.7 Å². The van der Waals surface area contributed by atoms with Crippen LogP contribution in [0.2, 0.25) is 0 Å². The third-order valence-electron chi connectivity index (χ3n) is 20.2. The van der Waals surface area contributed by atoms with Crippen molar-refractivity contribution in [3.8, 4) is 17.5 Å². The highest BCUT2D eigenvalue weighted by molar-refractivity contribution is 7.93. The van der Waals surface area contributed by atoms with Crippen LogP contribution < -0.4 is 24.8 Å². The van der Waals surface area contributed by atoms with Gasteiger partial charge in [0.15, 0.2) is 31.2 Å². The van der Waals surface area contributed by atoms with E-state index in [1.54, 1.807) is 35.7 Å². The van der Waals surface area contributed by atoms with Crippen LogP contribution >= 0.6 is 0 Å². The minimum atomic E-state index is -3.57. The van der Waals surface area contributed by atoms with Gasteiger partial charge in [-0.25, -0.2) is 26.8 Å². The number of sulfone groups is 2. The minimum absolute atomic E-state index is 0.00217. The average molecular weight is 1250 g/mol. The molecule has 4 saturated carbocycles. The van der Waals surface area contributed by atoms with E-state index < -0.39 is 94.3 Å². The standard InChI is InChI=1S/C34H45N3O6S.C33H39N3O7S/c1-7-22-17-34(22,30(38)19-44(40,41)24-8-9-24)36-31(39)28-16-23(18-37(28)21(3)20(2)33(4,5)6)43-32-27-10-11-29-26(13-15-42-29)25(27)12-14-35-32;1-6-20-16-33(20,28(37)18-44(40,41)22-7-8-22)35-29(38)26-15-21(17-36(26)31(39)19(2)32(3,4)5)43-30-25-9-10-27-24(12-14-42-27)23(25)11-13-34-30/h7,10-12,14,20-24,28H,1,8-9,13,15-19H2,2-6H3,(H,36,39);6,9-14,19-22,26H,1,7-8,15-18H2,2-5H3,(H,35,38)/t20-,21?,22-,23-,28+,34-;19-,20-,21-,26+,33-/m11/s1. The Balaban J connectivity index is 0.000000182. The van der Waals surface area contributed by atoms with Crippen LogP contribution in [0.4, 0.5) is 0 Å². The molecule has 0 radical (unpaired) electrons. The van der Waals surface area contributed by atoms with Gasteiger partial charge in [0.2, 0.25) is 29.5 Å². The molecule has 21 heteroatoms. The van der Waals surface area contributed by atoms with Gasteiger partial charge in [-0.2, -0.15) is 0 Å². The first kappa shape index (κ1) is 62.9. The Morgan fingerprint density at radius 3 is 1.74 bits per heavy atom. The first-order chi connectivity index (χ1) is 41.5. The van der Waals surface area contributed by atoms with Crippen molar-refractivity contribution < 1.29 is 59.4 Å². The predicted octanol–water partition coefficient (Wildman–Crippen LogP) is 8.49. The number of benzene rings is 2. The topological polar surface area (TPSA) is 251 Å². The smallest absolute Gasteiger partial charge is 0.243 e. The molecule has 88 heavy (non-hydrogen) atoms. The Morgan fingerprint density at radius 1 is 0.682 bits per heavy atom. The van der Waals surface area contributed by atoms with E-state index in [-0.39, 0.29) is 71.9 Å². The molecular formula is C67H84N6O13S2. The highest BCUT2D eigenvalue weighted by Crippen LogP contribution is 2.49. The molecule has 6 heterocycles. The number of amides is 3. The number of rotatable bonds is 21. The number of hydrogen-bond acceptors (Lipinski definition) is 16. The number of hydrogen-bond donors (Lipinski definition) is 2. The lowest BCUT2D eigenvalue weighted by atomic mass is 9.77. The largest absolute Gasteiger partial charge is 0.493 e. The Hall–Kier alpha value is -6.71. The number of fused-ring (bicyclic) bond motifs is 6. The number of furan rings is 1. The number of nitrogens with one attached hydrogen (secondary N) is 2. The van der Waals surface area contributed by atoms with E-state index in [0.717, 1.165) is 50.2 Å². The summed E-state index contributed by atoms with van der Waals surface area (Å²) in [5, 5.41) is 9.62. The lowest BCUT2D eigenvalue weighted by Gasteiger charge is -2.40. The fourth-order valence-electron chi connectivity index (χ4n) is 13.3. The molecule has 11 atom stereocenters. The molecule has 472 valence electrons. The second kappa shape index (κ2) is 23.3. The molecule has 3 aliphatic heterocycles. The summed E-state index contributed by atoms with van der Waals surface area (Å²) in [6.45, 7) is 27.7.